The summed E-state index contributed by atoms with van der Waals surface area (Å²) >= 11 is 0. The summed E-state index contributed by atoms with van der Waals surface area (Å²) in [5.41, 5.74) is 0.751. The maximum absolute atomic E-state index is 12.3. The average Bonchev–Trinajstić information content (AvgIpc) is 3.11. The van der Waals surface area contributed by atoms with Crippen LogP contribution in [0.1, 0.15) is 25.2 Å². The van der Waals surface area contributed by atoms with Crippen molar-refractivity contribution in [3.05, 3.63) is 60.1 Å². The Hall–Kier alpha value is -2.38. The van der Waals surface area contributed by atoms with Gasteiger partial charge in [-0.2, -0.15) is 0 Å². The first kappa shape index (κ1) is 19.9. The molecule has 2 rings (SSSR count). The van der Waals surface area contributed by atoms with Gasteiger partial charge in [-0.25, -0.2) is 13.1 Å². The van der Waals surface area contributed by atoms with E-state index < -0.39 is 10.0 Å². The van der Waals surface area contributed by atoms with Gasteiger partial charge in [0.15, 0.2) is 0 Å². The van der Waals surface area contributed by atoms with Crippen molar-refractivity contribution >= 4 is 22.0 Å². The zero-order valence-electron chi connectivity index (χ0n) is 15.2. The Labute approximate surface area is 154 Å². The van der Waals surface area contributed by atoms with Crippen LogP contribution in [-0.2, 0) is 21.4 Å². The third kappa shape index (κ3) is 5.86. The van der Waals surface area contributed by atoms with E-state index >= 15 is 0 Å². The molecule has 0 radical (unpaired) electrons. The van der Waals surface area contributed by atoms with Gasteiger partial charge < -0.3 is 9.32 Å². The summed E-state index contributed by atoms with van der Waals surface area (Å²) < 4.78 is 32.1. The van der Waals surface area contributed by atoms with Crippen LogP contribution in [0, 0.1) is 5.92 Å². The van der Waals surface area contributed by atoms with E-state index in [1.54, 1.807) is 42.3 Å². The summed E-state index contributed by atoms with van der Waals surface area (Å²) in [4.78, 5) is 13.8. The van der Waals surface area contributed by atoms with E-state index in [1.807, 2.05) is 13.8 Å². The highest BCUT2D eigenvalue weighted by Crippen LogP contribution is 2.13. The first-order chi connectivity index (χ1) is 12.3. The topological polar surface area (TPSA) is 79.6 Å². The zero-order chi connectivity index (χ0) is 19.2. The van der Waals surface area contributed by atoms with E-state index in [0.717, 1.165) is 5.56 Å². The average molecular weight is 376 g/mol. The Morgan fingerprint density at radius 1 is 1.23 bits per heavy atom. The third-order valence-electron chi connectivity index (χ3n) is 3.64. The predicted molar refractivity (Wildman–Crippen MR) is 101 cm³/mol. The molecule has 1 amide bonds. The molecule has 0 fully saturated rings. The van der Waals surface area contributed by atoms with Crippen LogP contribution in [0.5, 0.6) is 0 Å². The SMILES string of the molecule is CC(C)CN(C)C(=O)/C=C/c1ccc(S(=O)(=O)NCc2ccco2)cc1. The molecule has 2 aromatic rings. The van der Waals surface area contributed by atoms with Gasteiger partial charge in [-0.05, 0) is 41.8 Å². The number of carbonyl (C=O) groups excluding carboxylic acids is 1. The largest absolute Gasteiger partial charge is 0.468 e. The van der Waals surface area contributed by atoms with Gasteiger partial charge in [-0.1, -0.05) is 26.0 Å². The highest BCUT2D eigenvalue weighted by Gasteiger charge is 2.14. The van der Waals surface area contributed by atoms with Gasteiger partial charge in [0.1, 0.15) is 5.76 Å². The molecule has 0 saturated carbocycles. The van der Waals surface area contributed by atoms with Crippen LogP contribution in [-0.4, -0.2) is 32.8 Å². The van der Waals surface area contributed by atoms with Crippen LogP contribution >= 0.6 is 0 Å². The summed E-state index contributed by atoms with van der Waals surface area (Å²) in [6.45, 7) is 4.87. The second-order valence-corrected chi connectivity index (χ2v) is 8.19. The van der Waals surface area contributed by atoms with Gasteiger partial charge >= 0.3 is 0 Å². The minimum absolute atomic E-state index is 0.0875. The molecule has 6 nitrogen and oxygen atoms in total. The monoisotopic (exact) mass is 376 g/mol. The second kappa shape index (κ2) is 8.82. The number of rotatable bonds is 8. The number of benzene rings is 1. The van der Waals surface area contributed by atoms with Crippen LogP contribution in [0.2, 0.25) is 0 Å². The summed E-state index contributed by atoms with van der Waals surface area (Å²) in [6.07, 6.45) is 4.65. The highest BCUT2D eigenvalue weighted by atomic mass is 32.2. The summed E-state index contributed by atoms with van der Waals surface area (Å²) in [7, 11) is -1.86. The zero-order valence-corrected chi connectivity index (χ0v) is 16.0. The summed E-state index contributed by atoms with van der Waals surface area (Å²) in [5.74, 6) is 0.850. The highest BCUT2D eigenvalue weighted by molar-refractivity contribution is 7.89. The number of sulfonamides is 1. The van der Waals surface area contributed by atoms with Crippen molar-refractivity contribution in [1.82, 2.24) is 9.62 Å². The Bertz CT molecular complexity index is 838. The number of carbonyl (C=O) groups is 1. The van der Waals surface area contributed by atoms with Crippen LogP contribution < -0.4 is 4.72 Å². The lowest BCUT2D eigenvalue weighted by Crippen LogP contribution is -2.28. The number of nitrogens with zero attached hydrogens (tertiary/aromatic N) is 1. The molecule has 0 aliphatic rings. The fourth-order valence-corrected chi connectivity index (χ4v) is 3.35. The van der Waals surface area contributed by atoms with Crippen molar-refractivity contribution < 1.29 is 17.6 Å². The molecule has 0 spiro atoms. The van der Waals surface area contributed by atoms with E-state index in [1.165, 1.54) is 24.5 Å². The van der Waals surface area contributed by atoms with Crippen molar-refractivity contribution in [2.75, 3.05) is 13.6 Å². The number of likely N-dealkylation sites (N-methyl/N-ethyl adjacent to an activating group) is 1. The van der Waals surface area contributed by atoms with Gasteiger partial charge in [-0.15, -0.1) is 0 Å². The molecule has 0 aliphatic heterocycles. The smallest absolute Gasteiger partial charge is 0.246 e. The fraction of sp³-hybridized carbons (Fsp3) is 0.316. The summed E-state index contributed by atoms with van der Waals surface area (Å²) in [5, 5.41) is 0. The molecule has 0 unspecified atom stereocenters. The molecule has 0 bridgehead atoms. The lowest BCUT2D eigenvalue weighted by atomic mass is 10.2. The first-order valence-corrected chi connectivity index (χ1v) is 9.81. The van der Waals surface area contributed by atoms with Gasteiger partial charge in [-0.3, -0.25) is 4.79 Å². The van der Waals surface area contributed by atoms with E-state index in [4.69, 9.17) is 4.42 Å². The van der Waals surface area contributed by atoms with Crippen molar-refractivity contribution in [3.8, 4) is 0 Å². The van der Waals surface area contributed by atoms with Crippen LogP contribution in [0.4, 0.5) is 0 Å². The molecular formula is C19H24N2O4S. The van der Waals surface area contributed by atoms with E-state index in [2.05, 4.69) is 4.72 Å². The molecule has 7 heteroatoms. The van der Waals surface area contributed by atoms with E-state index in [-0.39, 0.29) is 17.3 Å². The number of furan rings is 1. The minimum atomic E-state index is -3.62. The maximum atomic E-state index is 12.3. The van der Waals surface area contributed by atoms with Gasteiger partial charge in [0.2, 0.25) is 15.9 Å². The Kier molecular flexibility index (Phi) is 6.76. The maximum Gasteiger partial charge on any atom is 0.246 e. The fourth-order valence-electron chi connectivity index (χ4n) is 2.35. The van der Waals surface area contributed by atoms with Gasteiger partial charge in [0.25, 0.3) is 0 Å². The predicted octanol–water partition coefficient (Wildman–Crippen LogP) is 2.89. The van der Waals surface area contributed by atoms with Crippen molar-refractivity contribution in [1.29, 1.82) is 0 Å². The normalized spacial score (nSPS) is 12.0. The molecule has 1 heterocycles. The summed E-state index contributed by atoms with van der Waals surface area (Å²) in [6, 6.07) is 9.73. The Balaban J connectivity index is 1.98. The molecule has 1 N–H and O–H groups in total. The third-order valence-corrected chi connectivity index (χ3v) is 5.06. The molecule has 1 aromatic carbocycles. The van der Waals surface area contributed by atoms with Gasteiger partial charge in [0, 0.05) is 19.7 Å². The molecule has 0 atom stereocenters. The number of hydrogen-bond donors (Lipinski definition) is 1. The molecule has 0 aliphatic carbocycles. The van der Waals surface area contributed by atoms with Crippen molar-refractivity contribution in [2.24, 2.45) is 5.92 Å². The van der Waals surface area contributed by atoms with Crippen LogP contribution in [0.15, 0.2) is 58.1 Å². The lowest BCUT2D eigenvalue weighted by molar-refractivity contribution is -0.125. The van der Waals surface area contributed by atoms with Gasteiger partial charge in [0.05, 0.1) is 17.7 Å². The number of nitrogens with one attached hydrogen (secondary N) is 1. The molecule has 0 saturated heterocycles. The molecular weight excluding hydrogens is 352 g/mol. The van der Waals surface area contributed by atoms with E-state index in [0.29, 0.717) is 18.2 Å². The second-order valence-electron chi connectivity index (χ2n) is 6.42. The van der Waals surface area contributed by atoms with Crippen molar-refractivity contribution in [3.63, 3.8) is 0 Å². The number of hydrogen-bond acceptors (Lipinski definition) is 4. The minimum Gasteiger partial charge on any atom is -0.468 e. The first-order valence-electron chi connectivity index (χ1n) is 8.33. The number of amides is 1. The van der Waals surface area contributed by atoms with Crippen LogP contribution in [0.3, 0.4) is 0 Å². The van der Waals surface area contributed by atoms with Crippen molar-refractivity contribution in [2.45, 2.75) is 25.3 Å². The van der Waals surface area contributed by atoms with Crippen LogP contribution in [0.25, 0.3) is 6.08 Å². The Morgan fingerprint density at radius 3 is 2.50 bits per heavy atom. The standard InChI is InChI=1S/C19H24N2O4S/c1-15(2)14-21(3)19(22)11-8-16-6-9-18(10-7-16)26(23,24)20-13-17-5-4-12-25-17/h4-12,15,20H,13-14H2,1-3H3/b11-8+. The quantitative estimate of drug-likeness (QED) is 0.719. The molecule has 26 heavy (non-hydrogen) atoms. The van der Waals surface area contributed by atoms with E-state index in [9.17, 15) is 13.2 Å². The molecule has 140 valence electrons. The lowest BCUT2D eigenvalue weighted by Gasteiger charge is -2.17. The Morgan fingerprint density at radius 2 is 1.92 bits per heavy atom. The molecule has 1 aromatic heterocycles.